The van der Waals surface area contributed by atoms with Crippen LogP contribution in [0.25, 0.3) is 0 Å². The van der Waals surface area contributed by atoms with Crippen molar-refractivity contribution in [2.24, 2.45) is 7.05 Å². The van der Waals surface area contributed by atoms with Crippen LogP contribution in [-0.2, 0) is 17.1 Å². The van der Waals surface area contributed by atoms with Crippen LogP contribution in [0, 0.1) is 0 Å². The van der Waals surface area contributed by atoms with Crippen molar-refractivity contribution in [1.29, 1.82) is 0 Å². The topological polar surface area (TPSA) is 89.8 Å². The van der Waals surface area contributed by atoms with E-state index in [2.05, 4.69) is 51.6 Å². The van der Waals surface area contributed by atoms with Gasteiger partial charge >= 0.3 is 0 Å². The van der Waals surface area contributed by atoms with Crippen molar-refractivity contribution in [3.05, 3.63) is 26.6 Å². The maximum atomic E-state index is 12.2. The summed E-state index contributed by atoms with van der Waals surface area (Å²) in [6.07, 6.45) is 2.62. The lowest BCUT2D eigenvalue weighted by Crippen LogP contribution is -2.18. The second-order valence-electron chi connectivity index (χ2n) is 3.36. The van der Waals surface area contributed by atoms with E-state index >= 15 is 0 Å². The van der Waals surface area contributed by atoms with Gasteiger partial charge in [-0.15, -0.1) is 0 Å². The first-order valence-corrected chi connectivity index (χ1v) is 8.14. The number of sulfonamides is 1. The third-order valence-corrected chi connectivity index (χ3v) is 4.81. The molecule has 0 atom stereocenters. The molecule has 0 aromatic carbocycles. The highest BCUT2D eigenvalue weighted by molar-refractivity contribution is 9.11. The van der Waals surface area contributed by atoms with E-state index < -0.39 is 10.0 Å². The molecule has 7 nitrogen and oxygen atoms in total. The zero-order valence-electron chi connectivity index (χ0n) is 9.30. The summed E-state index contributed by atoms with van der Waals surface area (Å²) in [6, 6.07) is 0. The van der Waals surface area contributed by atoms with Crippen molar-refractivity contribution in [1.82, 2.24) is 19.7 Å². The van der Waals surface area contributed by atoms with E-state index in [0.29, 0.717) is 4.60 Å². The first-order valence-electron chi connectivity index (χ1n) is 4.69. The third-order valence-electron chi connectivity index (χ3n) is 2.03. The lowest BCUT2D eigenvalue weighted by molar-refractivity contribution is 0.582. The summed E-state index contributed by atoms with van der Waals surface area (Å²) >= 11 is 12.0. The van der Waals surface area contributed by atoms with Gasteiger partial charge in [-0.3, -0.25) is 9.40 Å². The molecule has 1 N–H and O–H groups in total. The fourth-order valence-corrected chi connectivity index (χ4v) is 4.01. The molecule has 2 heterocycles. The molecule has 0 unspecified atom stereocenters. The molecule has 11 heteroatoms. The molecule has 19 heavy (non-hydrogen) atoms. The molecule has 0 spiro atoms. The van der Waals surface area contributed by atoms with Gasteiger partial charge in [0.15, 0.2) is 15.4 Å². The van der Waals surface area contributed by atoms with Crippen molar-refractivity contribution in [2.75, 3.05) is 4.72 Å². The molecule has 0 saturated heterocycles. The second-order valence-corrected chi connectivity index (χ2v) is 6.93. The van der Waals surface area contributed by atoms with E-state index in [0.717, 1.165) is 4.68 Å². The predicted octanol–water partition coefficient (Wildman–Crippen LogP) is 2.19. The van der Waals surface area contributed by atoms with Crippen LogP contribution in [0.4, 0.5) is 5.82 Å². The normalized spacial score (nSPS) is 11.6. The first-order chi connectivity index (χ1) is 8.81. The van der Waals surface area contributed by atoms with E-state index in [1.165, 1.54) is 19.4 Å². The fourth-order valence-electron chi connectivity index (χ4n) is 1.29. The maximum absolute atomic E-state index is 12.2. The van der Waals surface area contributed by atoms with Crippen LogP contribution in [0.5, 0.6) is 0 Å². The summed E-state index contributed by atoms with van der Waals surface area (Å²) in [7, 11) is -2.42. The van der Waals surface area contributed by atoms with Gasteiger partial charge < -0.3 is 0 Å². The van der Waals surface area contributed by atoms with Crippen molar-refractivity contribution >= 4 is 59.3 Å². The Morgan fingerprint density at radius 1 is 1.37 bits per heavy atom. The van der Waals surface area contributed by atoms with Crippen LogP contribution < -0.4 is 4.72 Å². The highest BCUT2D eigenvalue weighted by Gasteiger charge is 2.24. The van der Waals surface area contributed by atoms with E-state index in [4.69, 9.17) is 11.6 Å². The number of anilines is 1. The monoisotopic (exact) mass is 429 g/mol. The Bertz CT molecular complexity index is 713. The van der Waals surface area contributed by atoms with Crippen LogP contribution in [0.1, 0.15) is 0 Å². The summed E-state index contributed by atoms with van der Waals surface area (Å²) in [4.78, 5) is 7.89. The molecule has 102 valence electrons. The van der Waals surface area contributed by atoms with E-state index in [1.807, 2.05) is 0 Å². The summed E-state index contributed by atoms with van der Waals surface area (Å²) in [5.74, 6) is 0.0560. The van der Waals surface area contributed by atoms with Gasteiger partial charge in [-0.1, -0.05) is 11.6 Å². The van der Waals surface area contributed by atoms with E-state index in [-0.39, 0.29) is 20.5 Å². The highest BCUT2D eigenvalue weighted by Crippen LogP contribution is 2.25. The molecule has 0 saturated carbocycles. The maximum Gasteiger partial charge on any atom is 0.281 e. The molecule has 0 aliphatic carbocycles. The second kappa shape index (κ2) is 5.35. The largest absolute Gasteiger partial charge is 0.281 e. The van der Waals surface area contributed by atoms with Gasteiger partial charge in [0.1, 0.15) is 4.60 Å². The average Bonchev–Trinajstić information content (AvgIpc) is 2.63. The number of aromatic nitrogens is 4. The van der Waals surface area contributed by atoms with Crippen LogP contribution in [0.15, 0.2) is 26.6 Å². The number of hydrogen-bond donors (Lipinski definition) is 1. The minimum absolute atomic E-state index is 0.0243. The van der Waals surface area contributed by atoms with Gasteiger partial charge in [-0.25, -0.2) is 9.97 Å². The molecule has 0 aliphatic rings. The summed E-state index contributed by atoms with van der Waals surface area (Å²) < 4.78 is 28.5. The Labute approximate surface area is 130 Å². The minimum atomic E-state index is -3.90. The number of aryl methyl sites for hydroxylation is 1. The van der Waals surface area contributed by atoms with E-state index in [9.17, 15) is 8.42 Å². The van der Waals surface area contributed by atoms with Gasteiger partial charge in [0.2, 0.25) is 0 Å². The highest BCUT2D eigenvalue weighted by atomic mass is 79.9. The average molecular weight is 431 g/mol. The van der Waals surface area contributed by atoms with Gasteiger partial charge in [0, 0.05) is 7.05 Å². The van der Waals surface area contributed by atoms with Crippen molar-refractivity contribution in [3.63, 3.8) is 0 Å². The van der Waals surface area contributed by atoms with Gasteiger partial charge in [0.05, 0.1) is 17.4 Å². The SMILES string of the molecule is Cn1ncc(Cl)c1S(=O)(=O)Nc1ncc(Br)nc1Br. The van der Waals surface area contributed by atoms with Crippen molar-refractivity contribution in [2.45, 2.75) is 5.03 Å². The fraction of sp³-hybridized carbons (Fsp3) is 0.125. The van der Waals surface area contributed by atoms with Gasteiger partial charge in [0.25, 0.3) is 10.0 Å². The van der Waals surface area contributed by atoms with Gasteiger partial charge in [-0.2, -0.15) is 13.5 Å². The van der Waals surface area contributed by atoms with Crippen LogP contribution in [0.3, 0.4) is 0 Å². The quantitative estimate of drug-likeness (QED) is 0.805. The zero-order valence-corrected chi connectivity index (χ0v) is 14.0. The molecular formula is C8H6Br2ClN5O2S. The molecular weight excluding hydrogens is 425 g/mol. The molecule has 0 aliphatic heterocycles. The van der Waals surface area contributed by atoms with Crippen LogP contribution >= 0.6 is 43.5 Å². The summed E-state index contributed by atoms with van der Waals surface area (Å²) in [5.41, 5.74) is 0. The number of nitrogens with one attached hydrogen (secondary N) is 1. The van der Waals surface area contributed by atoms with Crippen LogP contribution in [0.2, 0.25) is 5.02 Å². The van der Waals surface area contributed by atoms with Crippen LogP contribution in [-0.4, -0.2) is 28.2 Å². The molecule has 2 aromatic heterocycles. The number of halogens is 3. The first kappa shape index (κ1) is 14.7. The molecule has 0 amide bonds. The Balaban J connectivity index is 2.42. The lowest BCUT2D eigenvalue weighted by atomic mass is 10.7. The zero-order chi connectivity index (χ0) is 14.2. The summed E-state index contributed by atoms with van der Waals surface area (Å²) in [5, 5.41) is 3.65. The Morgan fingerprint density at radius 2 is 2.05 bits per heavy atom. The smallest absolute Gasteiger partial charge is 0.260 e. The Kier molecular flexibility index (Phi) is 4.14. The van der Waals surface area contributed by atoms with E-state index in [1.54, 1.807) is 0 Å². The molecule has 0 fully saturated rings. The number of nitrogens with zero attached hydrogens (tertiary/aromatic N) is 4. The number of hydrogen-bond acceptors (Lipinski definition) is 5. The molecule has 0 radical (unpaired) electrons. The number of rotatable bonds is 3. The third kappa shape index (κ3) is 3.07. The summed E-state index contributed by atoms with van der Waals surface area (Å²) in [6.45, 7) is 0. The predicted molar refractivity (Wildman–Crippen MR) is 76.5 cm³/mol. The Morgan fingerprint density at radius 3 is 2.58 bits per heavy atom. The van der Waals surface area contributed by atoms with Crippen molar-refractivity contribution in [3.8, 4) is 0 Å². The molecule has 2 rings (SSSR count). The standard InChI is InChI=1S/C8H6Br2ClN5O2S/c1-16-8(4(11)2-13-16)19(17,18)15-7-6(10)14-5(9)3-12-7/h2-3H,1H3,(H,12,15). The van der Waals surface area contributed by atoms with Crippen molar-refractivity contribution < 1.29 is 8.42 Å². The molecule has 2 aromatic rings. The molecule has 0 bridgehead atoms. The van der Waals surface area contributed by atoms with Gasteiger partial charge in [-0.05, 0) is 31.9 Å². The minimum Gasteiger partial charge on any atom is -0.260 e. The lowest BCUT2D eigenvalue weighted by Gasteiger charge is -2.08. The Hall–Kier alpha value is -0.710.